The number of ether oxygens (including phenoxy) is 1. The van der Waals surface area contributed by atoms with Gasteiger partial charge in [-0.25, -0.2) is 0 Å². The zero-order valence-corrected chi connectivity index (χ0v) is 15.2. The van der Waals surface area contributed by atoms with Crippen molar-refractivity contribution in [3.8, 4) is 0 Å². The van der Waals surface area contributed by atoms with Gasteiger partial charge in [-0.1, -0.05) is 28.1 Å². The number of carbonyl (C=O) groups excluding carboxylic acids is 1. The number of hydrogen-bond donors (Lipinski definition) is 1. The molecule has 126 valence electrons. The Balaban J connectivity index is 1.62. The monoisotopic (exact) mass is 380 g/mol. The van der Waals surface area contributed by atoms with Crippen LogP contribution in [0.25, 0.3) is 0 Å². The molecule has 1 amide bonds. The molecule has 0 spiro atoms. The molecule has 23 heavy (non-hydrogen) atoms. The van der Waals surface area contributed by atoms with E-state index >= 15 is 0 Å². The van der Waals surface area contributed by atoms with Crippen molar-refractivity contribution >= 4 is 21.8 Å². The summed E-state index contributed by atoms with van der Waals surface area (Å²) in [5.41, 5.74) is 7.68. The van der Waals surface area contributed by atoms with Gasteiger partial charge >= 0.3 is 0 Å². The average molecular weight is 381 g/mol. The number of nitrogens with zero attached hydrogens (tertiary/aromatic N) is 1. The molecule has 1 aliphatic heterocycles. The van der Waals surface area contributed by atoms with Crippen molar-refractivity contribution in [1.82, 2.24) is 4.90 Å². The first-order chi connectivity index (χ1) is 11.0. The number of hydrogen-bond acceptors (Lipinski definition) is 3. The van der Waals surface area contributed by atoms with E-state index in [-0.39, 0.29) is 17.2 Å². The number of rotatable bonds is 5. The van der Waals surface area contributed by atoms with Crippen molar-refractivity contribution in [3.05, 3.63) is 34.3 Å². The van der Waals surface area contributed by atoms with Crippen LogP contribution < -0.4 is 5.73 Å². The van der Waals surface area contributed by atoms with Gasteiger partial charge < -0.3 is 15.4 Å². The third kappa shape index (κ3) is 3.78. The molecular formula is C18H25BrN2O2. The number of nitrogens with two attached hydrogens (primary N) is 1. The minimum absolute atomic E-state index is 0.0697. The lowest BCUT2D eigenvalue weighted by atomic mass is 9.90. The van der Waals surface area contributed by atoms with Gasteiger partial charge in [0.2, 0.25) is 5.91 Å². The second-order valence-electron chi connectivity index (χ2n) is 6.96. The van der Waals surface area contributed by atoms with E-state index in [1.807, 2.05) is 11.9 Å². The van der Waals surface area contributed by atoms with Gasteiger partial charge in [-0.15, -0.1) is 0 Å². The molecule has 1 aromatic carbocycles. The van der Waals surface area contributed by atoms with Gasteiger partial charge in [0.1, 0.15) is 0 Å². The van der Waals surface area contributed by atoms with E-state index in [0.29, 0.717) is 0 Å². The summed E-state index contributed by atoms with van der Waals surface area (Å²) < 4.78 is 6.45. The zero-order chi connectivity index (χ0) is 16.4. The van der Waals surface area contributed by atoms with Crippen LogP contribution in [-0.4, -0.2) is 43.7 Å². The number of benzene rings is 1. The molecule has 1 unspecified atom stereocenters. The highest BCUT2D eigenvalue weighted by molar-refractivity contribution is 9.10. The van der Waals surface area contributed by atoms with Crippen LogP contribution in [0.15, 0.2) is 28.7 Å². The molecule has 1 aliphatic carbocycles. The minimum Gasteiger partial charge on any atom is -0.381 e. The van der Waals surface area contributed by atoms with E-state index < -0.39 is 6.04 Å². The van der Waals surface area contributed by atoms with Crippen LogP contribution in [0.4, 0.5) is 0 Å². The normalized spacial score (nSPS) is 21.7. The minimum atomic E-state index is -0.399. The van der Waals surface area contributed by atoms with Crippen LogP contribution in [0.3, 0.4) is 0 Å². The number of carbonyl (C=O) groups is 1. The Labute approximate surface area is 146 Å². The van der Waals surface area contributed by atoms with Crippen LogP contribution in [0.1, 0.15) is 31.2 Å². The Morgan fingerprint density at radius 3 is 2.52 bits per heavy atom. The van der Waals surface area contributed by atoms with Gasteiger partial charge in [0.15, 0.2) is 0 Å². The van der Waals surface area contributed by atoms with Crippen LogP contribution in [0.5, 0.6) is 0 Å². The van der Waals surface area contributed by atoms with Crippen molar-refractivity contribution in [2.45, 2.75) is 37.1 Å². The summed E-state index contributed by atoms with van der Waals surface area (Å²) in [5, 5.41) is 0. The maximum Gasteiger partial charge on any atom is 0.239 e. The highest BCUT2D eigenvalue weighted by Crippen LogP contribution is 2.48. The van der Waals surface area contributed by atoms with Crippen LogP contribution in [-0.2, 0) is 14.9 Å². The molecule has 2 N–H and O–H groups in total. The lowest BCUT2D eigenvalue weighted by Crippen LogP contribution is -2.49. The molecule has 1 heterocycles. The van der Waals surface area contributed by atoms with Crippen molar-refractivity contribution < 1.29 is 9.53 Å². The zero-order valence-electron chi connectivity index (χ0n) is 13.6. The molecule has 2 aliphatic rings. The SMILES string of the molecule is CN(CC1(c2ccc(Br)cc2)CC1)C(=O)C(N)C1CCOCC1. The molecule has 0 radical (unpaired) electrons. The van der Waals surface area contributed by atoms with Crippen molar-refractivity contribution in [3.63, 3.8) is 0 Å². The summed E-state index contributed by atoms with van der Waals surface area (Å²) in [6.07, 6.45) is 4.05. The van der Waals surface area contributed by atoms with Crippen molar-refractivity contribution in [2.24, 2.45) is 11.7 Å². The summed E-state index contributed by atoms with van der Waals surface area (Å²) in [5.74, 6) is 0.321. The van der Waals surface area contributed by atoms with Crippen LogP contribution >= 0.6 is 15.9 Å². The van der Waals surface area contributed by atoms with Crippen LogP contribution in [0, 0.1) is 5.92 Å². The van der Waals surface area contributed by atoms with Crippen molar-refractivity contribution in [2.75, 3.05) is 26.8 Å². The Hall–Kier alpha value is -0.910. The second kappa shape index (κ2) is 6.91. The lowest BCUT2D eigenvalue weighted by Gasteiger charge is -2.31. The first kappa shape index (κ1) is 16.9. The van der Waals surface area contributed by atoms with Crippen molar-refractivity contribution in [1.29, 1.82) is 0 Å². The topological polar surface area (TPSA) is 55.6 Å². The first-order valence-corrected chi connectivity index (χ1v) is 9.15. The fraction of sp³-hybridized carbons (Fsp3) is 0.611. The number of amides is 1. The van der Waals surface area contributed by atoms with E-state index in [9.17, 15) is 4.79 Å². The summed E-state index contributed by atoms with van der Waals surface area (Å²) in [6, 6.07) is 8.07. The predicted molar refractivity (Wildman–Crippen MR) is 94.2 cm³/mol. The standard InChI is InChI=1S/C18H25BrN2O2/c1-21(17(22)16(20)13-6-10-23-11-7-13)12-18(8-9-18)14-2-4-15(19)5-3-14/h2-5,13,16H,6-12,20H2,1H3. The van der Waals surface area contributed by atoms with Gasteiger partial charge in [0, 0.05) is 36.7 Å². The molecule has 2 fully saturated rings. The quantitative estimate of drug-likeness (QED) is 0.853. The highest BCUT2D eigenvalue weighted by Gasteiger charge is 2.46. The largest absolute Gasteiger partial charge is 0.381 e. The van der Waals surface area contributed by atoms with Gasteiger partial charge in [-0.3, -0.25) is 4.79 Å². The van der Waals surface area contributed by atoms with E-state index in [1.165, 1.54) is 5.56 Å². The second-order valence-corrected chi connectivity index (χ2v) is 7.87. The molecule has 3 rings (SSSR count). The Morgan fingerprint density at radius 2 is 1.96 bits per heavy atom. The Bertz CT molecular complexity index is 551. The number of likely N-dealkylation sites (N-methyl/N-ethyl adjacent to an activating group) is 1. The molecule has 5 heteroatoms. The predicted octanol–water partition coefficient (Wildman–Crippen LogP) is 2.69. The maximum absolute atomic E-state index is 12.7. The maximum atomic E-state index is 12.7. The van der Waals surface area contributed by atoms with Gasteiger partial charge in [-0.2, -0.15) is 0 Å². The molecular weight excluding hydrogens is 356 g/mol. The lowest BCUT2D eigenvalue weighted by molar-refractivity contribution is -0.133. The van der Waals surface area contributed by atoms with E-state index in [4.69, 9.17) is 10.5 Å². The summed E-state index contributed by atoms with van der Waals surface area (Å²) >= 11 is 3.48. The molecule has 0 aromatic heterocycles. The highest BCUT2D eigenvalue weighted by atomic mass is 79.9. The van der Waals surface area contributed by atoms with E-state index in [2.05, 4.69) is 40.2 Å². The summed E-state index contributed by atoms with van der Waals surface area (Å²) in [4.78, 5) is 14.5. The average Bonchev–Trinajstić information content (AvgIpc) is 3.35. The fourth-order valence-corrected chi connectivity index (χ4v) is 3.82. The van der Waals surface area contributed by atoms with Gasteiger partial charge in [0.05, 0.1) is 6.04 Å². The molecule has 1 saturated carbocycles. The van der Waals surface area contributed by atoms with Gasteiger partial charge in [0.25, 0.3) is 0 Å². The number of halogens is 1. The van der Waals surface area contributed by atoms with Gasteiger partial charge in [-0.05, 0) is 49.3 Å². The smallest absolute Gasteiger partial charge is 0.239 e. The summed E-state index contributed by atoms with van der Waals surface area (Å²) in [6.45, 7) is 2.20. The Kier molecular flexibility index (Phi) is 5.09. The van der Waals surface area contributed by atoms with E-state index in [0.717, 1.165) is 49.9 Å². The third-order valence-electron chi connectivity index (χ3n) is 5.29. The fourth-order valence-electron chi connectivity index (χ4n) is 3.56. The molecule has 1 saturated heterocycles. The molecule has 4 nitrogen and oxygen atoms in total. The molecule has 0 bridgehead atoms. The molecule has 1 aromatic rings. The van der Waals surface area contributed by atoms with E-state index in [1.54, 1.807) is 0 Å². The summed E-state index contributed by atoms with van der Waals surface area (Å²) in [7, 11) is 1.89. The van der Waals surface area contributed by atoms with Crippen LogP contribution in [0.2, 0.25) is 0 Å². The molecule has 1 atom stereocenters. The first-order valence-electron chi connectivity index (χ1n) is 8.36. The third-order valence-corrected chi connectivity index (χ3v) is 5.81. The Morgan fingerprint density at radius 1 is 1.35 bits per heavy atom.